The number of hydrogen-bond donors (Lipinski definition) is 2. The van der Waals surface area contributed by atoms with E-state index in [1.54, 1.807) is 30.3 Å². The predicted octanol–water partition coefficient (Wildman–Crippen LogP) is 2.34. The van der Waals surface area contributed by atoms with Crippen molar-refractivity contribution in [3.8, 4) is 5.75 Å². The summed E-state index contributed by atoms with van der Waals surface area (Å²) in [6.45, 7) is 0.369. The number of nitrogen functional groups attached to an aromatic ring is 1. The van der Waals surface area contributed by atoms with Crippen molar-refractivity contribution in [3.63, 3.8) is 0 Å². The molecule has 0 bridgehead atoms. The third kappa shape index (κ3) is 4.11. The van der Waals surface area contributed by atoms with Crippen LogP contribution in [0.5, 0.6) is 5.75 Å². The molecule has 5 nitrogen and oxygen atoms in total. The largest absolute Gasteiger partial charge is 0.492 e. The van der Waals surface area contributed by atoms with Crippen molar-refractivity contribution in [1.82, 2.24) is 4.72 Å². The number of benzene rings is 1. The highest BCUT2D eigenvalue weighted by molar-refractivity contribution is 7.91. The molecule has 0 spiro atoms. The second-order valence-corrected chi connectivity index (χ2v) is 7.59. The molecular weight excluding hydrogens is 320 g/mol. The molecule has 0 saturated heterocycles. The number of rotatable bonds is 6. The van der Waals surface area contributed by atoms with Gasteiger partial charge in [0.1, 0.15) is 16.6 Å². The molecule has 1 aromatic heterocycles. The van der Waals surface area contributed by atoms with Crippen LogP contribution in [-0.2, 0) is 10.0 Å². The first kappa shape index (κ1) is 15.1. The van der Waals surface area contributed by atoms with E-state index in [1.807, 2.05) is 0 Å². The summed E-state index contributed by atoms with van der Waals surface area (Å²) in [6.07, 6.45) is 0. The Bertz CT molecular complexity index is 686. The Balaban J connectivity index is 1.84. The molecule has 0 aliphatic heterocycles. The highest BCUT2D eigenvalue weighted by atomic mass is 35.5. The van der Waals surface area contributed by atoms with Crippen LogP contribution in [0.4, 0.5) is 5.69 Å². The maximum Gasteiger partial charge on any atom is 0.250 e. The minimum Gasteiger partial charge on any atom is -0.492 e. The molecular formula is C12H13ClN2O3S2. The van der Waals surface area contributed by atoms with Crippen LogP contribution in [0.25, 0.3) is 0 Å². The fourth-order valence-electron chi connectivity index (χ4n) is 1.46. The number of ether oxygens (including phenoxy) is 1. The number of anilines is 1. The molecule has 0 unspecified atom stereocenters. The third-order valence-corrected chi connectivity index (χ3v) is 5.52. The molecule has 2 aromatic rings. The zero-order valence-corrected chi connectivity index (χ0v) is 12.8. The Hall–Kier alpha value is -1.28. The van der Waals surface area contributed by atoms with E-state index in [9.17, 15) is 8.42 Å². The molecule has 0 aliphatic rings. The van der Waals surface area contributed by atoms with Crippen LogP contribution in [0.1, 0.15) is 0 Å². The van der Waals surface area contributed by atoms with Gasteiger partial charge in [-0.1, -0.05) is 17.7 Å². The molecule has 0 radical (unpaired) electrons. The Morgan fingerprint density at radius 1 is 1.30 bits per heavy atom. The number of sulfonamides is 1. The third-order valence-electron chi connectivity index (χ3n) is 2.33. The maximum absolute atomic E-state index is 11.9. The average molecular weight is 333 g/mol. The highest BCUT2D eigenvalue weighted by Crippen LogP contribution is 2.25. The van der Waals surface area contributed by atoms with E-state index in [4.69, 9.17) is 22.1 Å². The zero-order valence-electron chi connectivity index (χ0n) is 10.4. The van der Waals surface area contributed by atoms with Crippen molar-refractivity contribution in [3.05, 3.63) is 40.7 Å². The van der Waals surface area contributed by atoms with Crippen LogP contribution in [0.3, 0.4) is 0 Å². The van der Waals surface area contributed by atoms with Crippen molar-refractivity contribution in [1.29, 1.82) is 0 Å². The van der Waals surface area contributed by atoms with Gasteiger partial charge >= 0.3 is 0 Å². The van der Waals surface area contributed by atoms with Crippen LogP contribution in [0.2, 0.25) is 4.34 Å². The van der Waals surface area contributed by atoms with Crippen molar-refractivity contribution < 1.29 is 13.2 Å². The van der Waals surface area contributed by atoms with E-state index in [0.29, 0.717) is 15.8 Å². The first-order valence-corrected chi connectivity index (χ1v) is 8.38. The summed E-state index contributed by atoms with van der Waals surface area (Å²) in [4.78, 5) is 0. The van der Waals surface area contributed by atoms with Gasteiger partial charge in [0, 0.05) is 18.3 Å². The van der Waals surface area contributed by atoms with E-state index < -0.39 is 10.0 Å². The summed E-state index contributed by atoms with van der Waals surface area (Å²) in [6, 6.07) is 9.95. The van der Waals surface area contributed by atoms with Crippen LogP contribution in [0, 0.1) is 0 Å². The number of nitrogens with two attached hydrogens (primary N) is 1. The number of thiophene rings is 1. The second-order valence-electron chi connectivity index (χ2n) is 3.88. The summed E-state index contributed by atoms with van der Waals surface area (Å²) in [5.41, 5.74) is 6.20. The fourth-order valence-corrected chi connectivity index (χ4v) is 4.00. The lowest BCUT2D eigenvalue weighted by molar-refractivity contribution is 0.323. The monoisotopic (exact) mass is 332 g/mol. The van der Waals surface area contributed by atoms with Crippen molar-refractivity contribution in [2.45, 2.75) is 4.21 Å². The highest BCUT2D eigenvalue weighted by Gasteiger charge is 2.15. The van der Waals surface area contributed by atoms with Crippen LogP contribution in [0.15, 0.2) is 40.6 Å². The van der Waals surface area contributed by atoms with Crippen molar-refractivity contribution >= 4 is 38.6 Å². The van der Waals surface area contributed by atoms with Gasteiger partial charge < -0.3 is 10.5 Å². The molecule has 0 fully saturated rings. The van der Waals surface area contributed by atoms with Gasteiger partial charge in [-0.15, -0.1) is 11.3 Å². The lowest BCUT2D eigenvalue weighted by Crippen LogP contribution is -2.27. The van der Waals surface area contributed by atoms with Gasteiger partial charge in [-0.05, 0) is 24.3 Å². The molecule has 0 saturated carbocycles. The maximum atomic E-state index is 11.9. The summed E-state index contributed by atoms with van der Waals surface area (Å²) in [7, 11) is -3.52. The molecule has 0 aliphatic carbocycles. The van der Waals surface area contributed by atoms with Gasteiger partial charge in [-0.25, -0.2) is 13.1 Å². The summed E-state index contributed by atoms with van der Waals surface area (Å²) in [5.74, 6) is 0.600. The van der Waals surface area contributed by atoms with Gasteiger partial charge in [-0.3, -0.25) is 0 Å². The molecule has 20 heavy (non-hydrogen) atoms. The Kier molecular flexibility index (Phi) is 4.87. The number of halogens is 1. The lowest BCUT2D eigenvalue weighted by Gasteiger charge is -2.07. The van der Waals surface area contributed by atoms with Crippen LogP contribution < -0.4 is 15.2 Å². The first-order chi connectivity index (χ1) is 9.47. The Morgan fingerprint density at radius 3 is 2.75 bits per heavy atom. The summed E-state index contributed by atoms with van der Waals surface area (Å²) < 4.78 is 32.2. The van der Waals surface area contributed by atoms with E-state index in [-0.39, 0.29) is 17.4 Å². The van der Waals surface area contributed by atoms with Gasteiger partial charge in [0.25, 0.3) is 0 Å². The normalized spacial score (nSPS) is 11.4. The van der Waals surface area contributed by atoms with Gasteiger partial charge in [0.15, 0.2) is 0 Å². The van der Waals surface area contributed by atoms with E-state index in [1.165, 1.54) is 6.07 Å². The zero-order chi connectivity index (χ0) is 14.6. The summed E-state index contributed by atoms with van der Waals surface area (Å²) >= 11 is 6.72. The number of nitrogens with one attached hydrogen (secondary N) is 1. The number of hydrogen-bond acceptors (Lipinski definition) is 5. The average Bonchev–Trinajstić information content (AvgIpc) is 2.82. The SMILES string of the molecule is Nc1cccc(OCCNS(=O)(=O)c2ccc(Cl)s2)c1. The molecule has 108 valence electrons. The molecule has 0 atom stereocenters. The van der Waals surface area contributed by atoms with Crippen LogP contribution >= 0.6 is 22.9 Å². The van der Waals surface area contributed by atoms with Gasteiger partial charge in [-0.2, -0.15) is 0 Å². The Morgan fingerprint density at radius 2 is 2.10 bits per heavy atom. The minimum absolute atomic E-state index is 0.159. The first-order valence-electron chi connectivity index (χ1n) is 5.71. The predicted molar refractivity (Wildman–Crippen MR) is 80.9 cm³/mol. The quantitative estimate of drug-likeness (QED) is 0.628. The van der Waals surface area contributed by atoms with Crippen molar-refractivity contribution in [2.24, 2.45) is 0 Å². The second kappa shape index (κ2) is 6.45. The molecule has 8 heteroatoms. The smallest absolute Gasteiger partial charge is 0.250 e. The topological polar surface area (TPSA) is 81.4 Å². The van der Waals surface area contributed by atoms with Crippen molar-refractivity contribution in [2.75, 3.05) is 18.9 Å². The molecule has 1 heterocycles. The van der Waals surface area contributed by atoms with Crippen LogP contribution in [-0.4, -0.2) is 21.6 Å². The van der Waals surface area contributed by atoms with Gasteiger partial charge in [0.05, 0.1) is 4.34 Å². The standard InChI is InChI=1S/C12H13ClN2O3S2/c13-11-4-5-12(19-11)20(16,17)15-6-7-18-10-3-1-2-9(14)8-10/h1-5,8,15H,6-7,14H2. The Labute approximate surface area is 126 Å². The van der Waals surface area contributed by atoms with E-state index >= 15 is 0 Å². The van der Waals surface area contributed by atoms with Gasteiger partial charge in [0.2, 0.25) is 10.0 Å². The molecule has 3 N–H and O–H groups in total. The van der Waals surface area contributed by atoms with E-state index in [0.717, 1.165) is 11.3 Å². The molecule has 1 aromatic carbocycles. The summed E-state index contributed by atoms with van der Waals surface area (Å²) in [5, 5.41) is 0. The minimum atomic E-state index is -3.52. The molecule has 2 rings (SSSR count). The fraction of sp³-hybridized carbons (Fsp3) is 0.167. The molecule has 0 amide bonds. The lowest BCUT2D eigenvalue weighted by atomic mass is 10.3. The van der Waals surface area contributed by atoms with E-state index in [2.05, 4.69) is 4.72 Å².